The first kappa shape index (κ1) is 62.9. The summed E-state index contributed by atoms with van der Waals surface area (Å²) in [4.78, 5) is 5.10. The maximum absolute atomic E-state index is 10.0. The van der Waals surface area contributed by atoms with E-state index in [0.29, 0.717) is 5.69 Å². The maximum atomic E-state index is 10.0. The Balaban J connectivity index is 0.992. The second-order valence-corrected chi connectivity index (χ2v) is 36.6. The zero-order valence-corrected chi connectivity index (χ0v) is 68.5. The number of fused-ring (bicyclic) bond motifs is 21. The molecular weight excluding hydrogens is 1430 g/mol. The van der Waals surface area contributed by atoms with E-state index in [4.69, 9.17) is 0 Å². The largest absolute Gasteiger partial charge is 0.311 e. The summed E-state index contributed by atoms with van der Waals surface area (Å²) in [6.45, 7) is 27.0. The van der Waals surface area contributed by atoms with Crippen LogP contribution in [0.25, 0.3) is 148 Å². The third kappa shape index (κ3) is 10.9. The van der Waals surface area contributed by atoms with E-state index in [2.05, 4.69) is 381 Å². The first-order valence-corrected chi connectivity index (χ1v) is 41.3. The molecule has 6 heterocycles. The van der Waals surface area contributed by atoms with Gasteiger partial charge in [-0.05, 0) is 207 Å². The Labute approximate surface area is 701 Å². The van der Waals surface area contributed by atoms with E-state index in [-0.39, 0.29) is 55.6 Å². The van der Waals surface area contributed by atoms with Crippen LogP contribution in [0.1, 0.15) is 116 Å². The Kier molecular flexibility index (Phi) is 13.9. The quantitative estimate of drug-likeness (QED) is 0.148. The molecule has 16 aromatic carbocycles. The number of nitrogens with zero attached hydrogens (tertiary/aromatic N) is 5. The summed E-state index contributed by atoms with van der Waals surface area (Å²) in [5, 5.41) is 10.9. The van der Waals surface area contributed by atoms with Crippen LogP contribution in [0.15, 0.2) is 340 Å². The van der Waals surface area contributed by atoms with Crippen LogP contribution < -0.4 is 26.2 Å². The molecule has 0 atom stereocenters. The molecule has 0 saturated carbocycles. The van der Waals surface area contributed by atoms with E-state index < -0.39 is 43.0 Å². The standard InChI is InChI=1S/C112H92BN5/c1-109(2,3)73-49-56-82-80-37-22-23-38-81(80)83-39-24-29-46-97(83)117-102-68-103-105-108(104(102)87-43-30-42-86(106(87)117)90(82)61-73)116(77-52-47-70(48-53-77)69-31-16-13-17-32-69)100-66-78(114-95-44-27-25-40-84(95)85-41-26-28-45-96(85)114)54-57-93(100)113(105)94-58-55-79(115-98-59-50-74(110(4,5)6)62-91(98)92-63-75(111(7,8)9)51-60-99(92)115)67-101(94)118(103)107-88(71-33-18-14-19-34-71)64-76(112(10,11)12)65-89(107)72-35-20-15-21-36-72/h13-68H,1-12H3/i25D,26D,27D,28D,40D,41D,44D,45D. The molecule has 0 bridgehead atoms. The predicted octanol–water partition coefficient (Wildman–Crippen LogP) is 28.7. The molecule has 0 N–H and O–H groups in total. The molecule has 20 aromatic rings. The lowest BCUT2D eigenvalue weighted by molar-refractivity contribution is 0.590. The second kappa shape index (κ2) is 26.0. The van der Waals surface area contributed by atoms with Crippen LogP contribution >= 0.6 is 0 Å². The number of anilines is 6. The minimum Gasteiger partial charge on any atom is -0.311 e. The van der Waals surface area contributed by atoms with Crippen molar-refractivity contribution in [2.45, 2.75) is 105 Å². The topological polar surface area (TPSA) is 20.8 Å². The van der Waals surface area contributed by atoms with Crippen molar-refractivity contribution in [1.82, 2.24) is 13.5 Å². The van der Waals surface area contributed by atoms with Gasteiger partial charge in [0.05, 0.1) is 61.0 Å². The van der Waals surface area contributed by atoms with Crippen molar-refractivity contribution in [3.63, 3.8) is 0 Å². The van der Waals surface area contributed by atoms with Crippen molar-refractivity contribution in [3.8, 4) is 44.8 Å². The van der Waals surface area contributed by atoms with Gasteiger partial charge in [-0.25, -0.2) is 0 Å². The van der Waals surface area contributed by atoms with Crippen LogP contribution in [0.3, 0.4) is 0 Å². The number of hydrogen-bond acceptors (Lipinski definition) is 2. The lowest BCUT2D eigenvalue weighted by Crippen LogP contribution is -2.61. The molecule has 2 aliphatic rings. The second-order valence-electron chi connectivity index (χ2n) is 36.6. The van der Waals surface area contributed by atoms with Gasteiger partial charge in [-0.15, -0.1) is 0 Å². The van der Waals surface area contributed by atoms with E-state index in [1.165, 1.54) is 33.0 Å². The van der Waals surface area contributed by atoms with Gasteiger partial charge in [0, 0.05) is 88.3 Å². The van der Waals surface area contributed by atoms with Gasteiger partial charge in [-0.1, -0.05) is 320 Å². The fraction of sp³-hybridized carbons (Fsp3) is 0.143. The highest BCUT2D eigenvalue weighted by Gasteiger charge is 2.47. The summed E-state index contributed by atoms with van der Waals surface area (Å²) >= 11 is 0. The summed E-state index contributed by atoms with van der Waals surface area (Å²) in [7, 11) is 0. The highest BCUT2D eigenvalue weighted by molar-refractivity contribution is 7.00. The average molecular weight is 1530 g/mol. The van der Waals surface area contributed by atoms with Crippen molar-refractivity contribution in [2.24, 2.45) is 0 Å². The molecule has 4 aromatic heterocycles. The molecule has 0 amide bonds. The summed E-state index contributed by atoms with van der Waals surface area (Å²) in [5.41, 5.74) is 25.2. The van der Waals surface area contributed by atoms with Crippen molar-refractivity contribution in [3.05, 3.63) is 362 Å². The molecule has 0 spiro atoms. The molecule has 5 nitrogen and oxygen atoms in total. The Morgan fingerprint density at radius 3 is 1.25 bits per heavy atom. The normalized spacial score (nSPS) is 14.2. The molecular formula is C112H92BN5. The van der Waals surface area contributed by atoms with Crippen LogP contribution in [-0.2, 0) is 21.7 Å². The fourth-order valence-corrected chi connectivity index (χ4v) is 19.5. The molecule has 0 radical (unpaired) electrons. The van der Waals surface area contributed by atoms with Crippen LogP contribution in [0.2, 0.25) is 0 Å². The smallest absolute Gasteiger partial charge is 0.252 e. The summed E-state index contributed by atoms with van der Waals surface area (Å²) in [5.74, 6) is 0. The van der Waals surface area contributed by atoms with Gasteiger partial charge >= 0.3 is 0 Å². The Morgan fingerprint density at radius 1 is 0.263 bits per heavy atom. The minimum atomic E-state index is -0.581. The van der Waals surface area contributed by atoms with Gasteiger partial charge in [0.25, 0.3) is 6.71 Å². The Morgan fingerprint density at radius 2 is 0.695 bits per heavy atom. The SMILES string of the molecule is [2H]c1c([2H])c([2H])c2c(c1[2H])c1c([2H])c([2H])c([2H])c([2H])c1n2-c1ccc2c(c1)N(c1ccc(-c3ccccc3)cc1)c1c3c(cc4c1c1cccc5c6cc(C(C)(C)C)ccc6c6ccccc6c6ccccc6n4c51)N(c1c(-c4ccccc4)cc(C(C)(C)C)cc1-c1ccccc1)c1cc(-n4c5ccc(C(C)(C)C)cc5c5cc(C(C)(C)C)ccc54)ccc1B23. The highest BCUT2D eigenvalue weighted by Crippen LogP contribution is 2.56. The molecule has 0 fully saturated rings. The first-order valence-electron chi connectivity index (χ1n) is 45.3. The summed E-state index contributed by atoms with van der Waals surface area (Å²) in [6.07, 6.45) is 0. The molecule has 6 heteroatoms. The molecule has 0 aliphatic carbocycles. The van der Waals surface area contributed by atoms with Crippen molar-refractivity contribution >= 4 is 160 Å². The van der Waals surface area contributed by atoms with Gasteiger partial charge in [0.2, 0.25) is 0 Å². The molecule has 0 saturated heterocycles. The fourth-order valence-electron chi connectivity index (χ4n) is 19.5. The average Bonchev–Trinajstić information content (AvgIpc) is 1.31. The van der Waals surface area contributed by atoms with Gasteiger partial charge in [0.15, 0.2) is 0 Å². The molecule has 22 rings (SSSR count). The molecule has 568 valence electrons. The van der Waals surface area contributed by atoms with Crippen molar-refractivity contribution in [2.75, 3.05) is 9.80 Å². The van der Waals surface area contributed by atoms with E-state index >= 15 is 0 Å². The van der Waals surface area contributed by atoms with Crippen LogP contribution in [0.4, 0.5) is 34.1 Å². The van der Waals surface area contributed by atoms with Crippen LogP contribution in [-0.4, -0.2) is 20.2 Å². The van der Waals surface area contributed by atoms with Gasteiger partial charge in [0.1, 0.15) is 0 Å². The lowest BCUT2D eigenvalue weighted by atomic mass is 9.33. The van der Waals surface area contributed by atoms with E-state index in [0.717, 1.165) is 160 Å². The zero-order chi connectivity index (χ0) is 87.1. The van der Waals surface area contributed by atoms with Crippen LogP contribution in [0, 0.1) is 0 Å². The number of benzene rings is 16. The number of para-hydroxylation sites is 4. The number of hydrogen-bond donors (Lipinski definition) is 0. The van der Waals surface area contributed by atoms with Crippen molar-refractivity contribution in [1.29, 1.82) is 0 Å². The minimum absolute atomic E-state index is 0.00607. The monoisotopic (exact) mass is 1530 g/mol. The van der Waals surface area contributed by atoms with E-state index in [9.17, 15) is 11.0 Å². The summed E-state index contributed by atoms with van der Waals surface area (Å²) in [6, 6.07) is 105. The zero-order valence-electron chi connectivity index (χ0n) is 76.5. The lowest BCUT2D eigenvalue weighted by Gasteiger charge is -2.45. The predicted molar refractivity (Wildman–Crippen MR) is 508 cm³/mol. The Hall–Kier alpha value is -13.4. The first-order chi connectivity index (χ1) is 60.4. The van der Waals surface area contributed by atoms with Gasteiger partial charge in [-0.3, -0.25) is 0 Å². The highest BCUT2D eigenvalue weighted by atomic mass is 15.2. The van der Waals surface area contributed by atoms with Gasteiger partial charge < -0.3 is 23.3 Å². The Bertz CT molecular complexity index is 7950. The number of rotatable bonds is 7. The molecule has 0 unspecified atom stereocenters. The molecule has 118 heavy (non-hydrogen) atoms. The van der Waals surface area contributed by atoms with Crippen LogP contribution in [0.5, 0.6) is 0 Å². The third-order valence-corrected chi connectivity index (χ3v) is 25.4. The van der Waals surface area contributed by atoms with Crippen molar-refractivity contribution < 1.29 is 11.0 Å². The summed E-state index contributed by atoms with van der Waals surface area (Å²) < 4.78 is 83.5. The third-order valence-electron chi connectivity index (χ3n) is 25.4. The van der Waals surface area contributed by atoms with E-state index in [1.807, 2.05) is 12.1 Å². The van der Waals surface area contributed by atoms with E-state index in [1.54, 1.807) is 4.57 Å². The van der Waals surface area contributed by atoms with Gasteiger partial charge in [-0.2, -0.15) is 0 Å². The molecule has 2 aliphatic heterocycles. The number of aromatic nitrogens is 3. The maximum Gasteiger partial charge on any atom is 0.252 e.